The van der Waals surface area contributed by atoms with Gasteiger partial charge in [0.1, 0.15) is 17.0 Å². The Labute approximate surface area is 160 Å². The molecule has 0 bridgehead atoms. The van der Waals surface area contributed by atoms with Crippen molar-refractivity contribution in [1.29, 1.82) is 0 Å². The zero-order chi connectivity index (χ0) is 18.6. The molecular formula is C20H29N5O2. The maximum absolute atomic E-state index is 12.5. The summed E-state index contributed by atoms with van der Waals surface area (Å²) in [5, 5.41) is 5.15. The molecule has 2 aliphatic rings. The Bertz CT molecular complexity index is 791. The molecule has 1 amide bonds. The highest BCUT2D eigenvalue weighted by molar-refractivity contribution is 5.88. The fourth-order valence-electron chi connectivity index (χ4n) is 4.14. The van der Waals surface area contributed by atoms with Crippen LogP contribution in [0.2, 0.25) is 0 Å². The molecule has 0 spiro atoms. The number of carbonyl (C=O) groups is 1. The number of hydrogen-bond acceptors (Lipinski definition) is 6. The first kappa shape index (κ1) is 18.2. The van der Waals surface area contributed by atoms with Gasteiger partial charge >= 0.3 is 0 Å². The van der Waals surface area contributed by atoms with E-state index in [9.17, 15) is 4.79 Å². The minimum absolute atomic E-state index is 0.213. The van der Waals surface area contributed by atoms with Crippen molar-refractivity contribution in [2.45, 2.75) is 64.7 Å². The maximum atomic E-state index is 12.5. The van der Waals surface area contributed by atoms with E-state index in [2.05, 4.69) is 22.0 Å². The smallest absolute Gasteiger partial charge is 0.263 e. The van der Waals surface area contributed by atoms with Crippen LogP contribution in [0, 0.1) is 0 Å². The number of aryl methyl sites for hydroxylation is 2. The van der Waals surface area contributed by atoms with E-state index in [1.165, 1.54) is 25.7 Å². The molecule has 2 aromatic rings. The molecule has 0 saturated carbocycles. The number of carbonyl (C=O) groups excluding carboxylic acids is 1. The average molecular weight is 371 g/mol. The summed E-state index contributed by atoms with van der Waals surface area (Å²) < 4.78 is 5.51. The van der Waals surface area contributed by atoms with Crippen LogP contribution in [-0.2, 0) is 17.6 Å². The Morgan fingerprint density at radius 1 is 1.00 bits per heavy atom. The number of likely N-dealkylation sites (tertiary alicyclic amines) is 1. The summed E-state index contributed by atoms with van der Waals surface area (Å²) in [4.78, 5) is 26.3. The van der Waals surface area contributed by atoms with Gasteiger partial charge in [-0.1, -0.05) is 12.1 Å². The first-order chi connectivity index (χ1) is 13.3. The molecule has 4 rings (SSSR count). The van der Waals surface area contributed by atoms with E-state index in [-0.39, 0.29) is 5.91 Å². The van der Waals surface area contributed by atoms with Gasteiger partial charge in [-0.3, -0.25) is 4.79 Å². The Kier molecular flexibility index (Phi) is 5.55. The van der Waals surface area contributed by atoms with Crippen molar-refractivity contribution in [3.8, 4) is 0 Å². The molecule has 2 aliphatic heterocycles. The van der Waals surface area contributed by atoms with Crippen LogP contribution in [0.25, 0.3) is 11.1 Å². The zero-order valence-corrected chi connectivity index (χ0v) is 16.2. The maximum Gasteiger partial charge on any atom is 0.263 e. The van der Waals surface area contributed by atoms with Gasteiger partial charge in [-0.15, -0.1) is 0 Å². The van der Waals surface area contributed by atoms with E-state index in [1.54, 1.807) is 0 Å². The molecule has 2 aromatic heterocycles. The van der Waals surface area contributed by atoms with E-state index in [1.807, 2.05) is 4.90 Å². The SMILES string of the molecule is CCc1noc2nc(CCC(=O)N3CCCCC3)nc(N3CCCCC3)c12. The van der Waals surface area contributed by atoms with Crippen LogP contribution in [0.3, 0.4) is 0 Å². The third-order valence-corrected chi connectivity index (χ3v) is 5.70. The van der Waals surface area contributed by atoms with E-state index in [0.717, 1.165) is 62.3 Å². The van der Waals surface area contributed by atoms with Crippen molar-refractivity contribution in [1.82, 2.24) is 20.0 Å². The number of aromatic nitrogens is 3. The number of hydrogen-bond donors (Lipinski definition) is 0. The summed E-state index contributed by atoms with van der Waals surface area (Å²) in [6.45, 7) is 5.86. The third kappa shape index (κ3) is 3.92. The van der Waals surface area contributed by atoms with E-state index in [0.29, 0.717) is 24.4 Å². The fraction of sp³-hybridized carbons (Fsp3) is 0.700. The summed E-state index contributed by atoms with van der Waals surface area (Å²) in [7, 11) is 0. The van der Waals surface area contributed by atoms with Gasteiger partial charge < -0.3 is 14.3 Å². The minimum atomic E-state index is 0.213. The quantitative estimate of drug-likeness (QED) is 0.804. The van der Waals surface area contributed by atoms with Gasteiger partial charge in [0.15, 0.2) is 0 Å². The molecule has 146 valence electrons. The number of nitrogens with zero attached hydrogens (tertiary/aromatic N) is 5. The second-order valence-corrected chi connectivity index (χ2v) is 7.62. The molecule has 7 heteroatoms. The van der Waals surface area contributed by atoms with E-state index >= 15 is 0 Å². The van der Waals surface area contributed by atoms with E-state index < -0.39 is 0 Å². The van der Waals surface area contributed by atoms with Gasteiger partial charge in [0.2, 0.25) is 5.91 Å². The average Bonchev–Trinajstić information content (AvgIpc) is 3.16. The fourth-order valence-corrected chi connectivity index (χ4v) is 4.14. The number of anilines is 1. The normalized spacial score (nSPS) is 18.3. The topological polar surface area (TPSA) is 75.4 Å². The summed E-state index contributed by atoms with van der Waals surface area (Å²) in [6.07, 6.45) is 8.90. The second kappa shape index (κ2) is 8.23. The molecule has 0 aliphatic carbocycles. The van der Waals surface area contributed by atoms with Gasteiger partial charge in [0.25, 0.3) is 5.71 Å². The van der Waals surface area contributed by atoms with E-state index in [4.69, 9.17) is 9.51 Å². The Morgan fingerprint density at radius 2 is 1.70 bits per heavy atom. The van der Waals surface area contributed by atoms with Gasteiger partial charge in [-0.2, -0.15) is 4.98 Å². The first-order valence-corrected chi connectivity index (χ1v) is 10.4. The van der Waals surface area contributed by atoms with Crippen LogP contribution < -0.4 is 4.90 Å². The van der Waals surface area contributed by atoms with Crippen molar-refractivity contribution < 1.29 is 9.32 Å². The lowest BCUT2D eigenvalue weighted by Gasteiger charge is -2.28. The van der Waals surface area contributed by atoms with Crippen molar-refractivity contribution >= 4 is 22.8 Å². The largest absolute Gasteiger partial charge is 0.356 e. The lowest BCUT2D eigenvalue weighted by atomic mass is 10.1. The van der Waals surface area contributed by atoms with Crippen LogP contribution in [0.15, 0.2) is 4.52 Å². The highest BCUT2D eigenvalue weighted by Gasteiger charge is 2.23. The molecule has 0 aromatic carbocycles. The number of piperidine rings is 2. The Hall–Kier alpha value is -2.18. The van der Waals surface area contributed by atoms with Gasteiger partial charge in [-0.05, 0) is 44.9 Å². The lowest BCUT2D eigenvalue weighted by molar-refractivity contribution is -0.132. The molecule has 27 heavy (non-hydrogen) atoms. The number of fused-ring (bicyclic) bond motifs is 1. The summed E-state index contributed by atoms with van der Waals surface area (Å²) in [5.74, 6) is 1.84. The monoisotopic (exact) mass is 371 g/mol. The standard InChI is InChI=1S/C20H29N5O2/c1-2-15-18-19(25-13-7-4-8-14-25)21-16(22-20(18)27-23-15)9-10-17(26)24-11-5-3-6-12-24/h2-14H2,1H3. The lowest BCUT2D eigenvalue weighted by Crippen LogP contribution is -2.35. The van der Waals surface area contributed by atoms with Crippen LogP contribution in [0.4, 0.5) is 5.82 Å². The van der Waals surface area contributed by atoms with Crippen molar-refractivity contribution in [2.75, 3.05) is 31.1 Å². The van der Waals surface area contributed by atoms with Crippen LogP contribution in [0.1, 0.15) is 63.4 Å². The molecule has 0 N–H and O–H groups in total. The van der Waals surface area contributed by atoms with Crippen LogP contribution in [0.5, 0.6) is 0 Å². The highest BCUT2D eigenvalue weighted by Crippen LogP contribution is 2.30. The number of amides is 1. The van der Waals surface area contributed by atoms with Gasteiger partial charge in [-0.25, -0.2) is 4.98 Å². The zero-order valence-electron chi connectivity index (χ0n) is 16.2. The van der Waals surface area contributed by atoms with Crippen molar-refractivity contribution in [3.63, 3.8) is 0 Å². The molecule has 2 fully saturated rings. The first-order valence-electron chi connectivity index (χ1n) is 10.4. The third-order valence-electron chi connectivity index (χ3n) is 5.70. The molecule has 0 atom stereocenters. The second-order valence-electron chi connectivity index (χ2n) is 7.62. The molecule has 4 heterocycles. The summed E-state index contributed by atoms with van der Waals surface area (Å²) in [5.41, 5.74) is 1.48. The summed E-state index contributed by atoms with van der Waals surface area (Å²) in [6, 6.07) is 0. The predicted molar refractivity (Wildman–Crippen MR) is 104 cm³/mol. The predicted octanol–water partition coefficient (Wildman–Crippen LogP) is 3.12. The van der Waals surface area contributed by atoms with Crippen molar-refractivity contribution in [3.05, 3.63) is 11.5 Å². The highest BCUT2D eigenvalue weighted by atomic mass is 16.5. The van der Waals surface area contributed by atoms with Crippen LogP contribution >= 0.6 is 0 Å². The molecule has 0 unspecified atom stereocenters. The Morgan fingerprint density at radius 3 is 2.41 bits per heavy atom. The molecule has 7 nitrogen and oxygen atoms in total. The summed E-state index contributed by atoms with van der Waals surface area (Å²) >= 11 is 0. The molecule has 0 radical (unpaired) electrons. The number of rotatable bonds is 5. The van der Waals surface area contributed by atoms with Crippen molar-refractivity contribution in [2.24, 2.45) is 0 Å². The Balaban J connectivity index is 1.56. The van der Waals surface area contributed by atoms with Gasteiger partial charge in [0, 0.05) is 39.0 Å². The molecular weight excluding hydrogens is 342 g/mol. The molecule has 2 saturated heterocycles. The van der Waals surface area contributed by atoms with Crippen LogP contribution in [-0.4, -0.2) is 52.1 Å². The minimum Gasteiger partial charge on any atom is -0.356 e. The van der Waals surface area contributed by atoms with Gasteiger partial charge in [0.05, 0.1) is 5.69 Å².